The maximum Gasteiger partial charge on any atom is 0.472 e. The molecule has 81 heavy (non-hydrogen) atoms. The molecule has 0 saturated carbocycles. The summed E-state index contributed by atoms with van der Waals surface area (Å²) in [5.74, 6) is -0.517. The van der Waals surface area contributed by atoms with E-state index in [2.05, 4.69) is 99.0 Å². The van der Waals surface area contributed by atoms with Crippen LogP contribution in [0.15, 0.2) is 85.1 Å². The number of ether oxygens (including phenoxy) is 1. The minimum absolute atomic E-state index is 0.0348. The van der Waals surface area contributed by atoms with Crippen LogP contribution in [0.2, 0.25) is 0 Å². The number of allylic oxidation sites excluding steroid dienone is 13. The number of nitrogens with zero attached hydrogens (tertiary/aromatic N) is 1. The molecule has 0 aromatic rings. The molecule has 9 nitrogen and oxygen atoms in total. The second kappa shape index (κ2) is 60.3. The van der Waals surface area contributed by atoms with E-state index < -0.39 is 20.0 Å². The molecular formula is C71H130N2O7P+. The van der Waals surface area contributed by atoms with Gasteiger partial charge in [0.1, 0.15) is 19.3 Å². The Labute approximate surface area is 501 Å². The zero-order chi connectivity index (χ0) is 59.3. The Morgan fingerprint density at radius 2 is 0.753 bits per heavy atom. The molecule has 0 saturated heterocycles. The van der Waals surface area contributed by atoms with Gasteiger partial charge in [-0.25, -0.2) is 4.57 Å². The molecule has 0 aromatic carbocycles. The first kappa shape index (κ1) is 78.2. The summed E-state index contributed by atoms with van der Waals surface area (Å²) in [6.45, 7) is 6.97. The standard InChI is InChI=1S/C71H129N2O7P/c1-7-10-13-16-19-22-25-28-30-32-33-34-35-36-37-38-39-41-42-45-48-51-54-57-60-63-70(74)72-68(67-79-81(76,77)78-66-65-73(4,5)6)69(62-59-56-53-50-47-44-27-24-21-18-15-12-9-3)80-71(75)64-61-58-55-52-49-46-43-40-31-29-26-23-20-17-14-11-8-2/h19-20,22-23,28-31,33-34,36-37,59,62,68-69H,7-18,21,24-27,32,35,38-58,60-61,63-67H2,1-6H3,(H-,72,74,76,77)/p+1/b22-19-,23-20-,30-28-,31-29-,34-33-,37-36-,62-59-. The number of carbonyl (C=O) groups is 2. The molecule has 0 bridgehead atoms. The van der Waals surface area contributed by atoms with Crippen molar-refractivity contribution in [2.24, 2.45) is 0 Å². The average molecular weight is 1150 g/mol. The van der Waals surface area contributed by atoms with E-state index in [0.717, 1.165) is 109 Å². The fourth-order valence-electron chi connectivity index (χ4n) is 9.54. The summed E-state index contributed by atoms with van der Waals surface area (Å²) in [5.41, 5.74) is 0. The minimum Gasteiger partial charge on any atom is -0.456 e. The quantitative estimate of drug-likeness (QED) is 0.0205. The van der Waals surface area contributed by atoms with Crippen molar-refractivity contribution >= 4 is 19.7 Å². The number of phosphoric acid groups is 1. The average Bonchev–Trinajstić information content (AvgIpc) is 3.44. The van der Waals surface area contributed by atoms with Crippen molar-refractivity contribution in [3.63, 3.8) is 0 Å². The highest BCUT2D eigenvalue weighted by Crippen LogP contribution is 2.43. The first-order valence-corrected chi connectivity index (χ1v) is 35.4. The van der Waals surface area contributed by atoms with Crippen LogP contribution in [0.25, 0.3) is 0 Å². The molecule has 3 unspecified atom stereocenters. The third-order valence-electron chi connectivity index (χ3n) is 14.8. The molecular weight excluding hydrogens is 1020 g/mol. The molecule has 0 aliphatic carbocycles. The topological polar surface area (TPSA) is 111 Å². The number of hydrogen-bond donors (Lipinski definition) is 2. The normalized spacial score (nSPS) is 14.1. The van der Waals surface area contributed by atoms with Gasteiger partial charge in [0.15, 0.2) is 0 Å². The van der Waals surface area contributed by atoms with Gasteiger partial charge in [-0.3, -0.25) is 18.6 Å². The molecule has 2 N–H and O–H groups in total. The first-order chi connectivity index (χ1) is 39.4. The van der Waals surface area contributed by atoms with E-state index in [9.17, 15) is 19.0 Å². The fraction of sp³-hybridized carbons (Fsp3) is 0.775. The number of likely N-dealkylation sites (N-methyl/N-ethyl adjacent to an activating group) is 1. The fourth-order valence-corrected chi connectivity index (χ4v) is 10.3. The van der Waals surface area contributed by atoms with E-state index in [4.69, 9.17) is 13.8 Å². The van der Waals surface area contributed by atoms with Crippen molar-refractivity contribution in [1.29, 1.82) is 0 Å². The molecule has 0 rings (SSSR count). The summed E-state index contributed by atoms with van der Waals surface area (Å²) < 4.78 is 30.8. The predicted molar refractivity (Wildman–Crippen MR) is 351 cm³/mol. The molecule has 1 amide bonds. The van der Waals surface area contributed by atoms with Crippen LogP contribution in [0.4, 0.5) is 0 Å². The summed E-state index contributed by atoms with van der Waals surface area (Å²) in [6, 6.07) is -0.859. The molecule has 0 aromatic heterocycles. The minimum atomic E-state index is -4.46. The zero-order valence-corrected chi connectivity index (χ0v) is 54.7. The van der Waals surface area contributed by atoms with Crippen molar-refractivity contribution < 1.29 is 37.3 Å². The number of phosphoric ester groups is 1. The SMILES string of the molecule is CCCCC/C=C\C/C=C\C/C=C\C/C=C\CCCCCCCCCCCC(=O)NC(COP(=O)(O)OCC[N+](C)(C)C)C(/C=C\CCCCCCCCCCCCC)OC(=O)CCCCCCCCC/C=C\C/C=C\CCCCC. The first-order valence-electron chi connectivity index (χ1n) is 33.9. The van der Waals surface area contributed by atoms with Crippen LogP contribution < -0.4 is 5.32 Å². The second-order valence-electron chi connectivity index (χ2n) is 24.0. The lowest BCUT2D eigenvalue weighted by atomic mass is 10.0. The Kier molecular flexibility index (Phi) is 58.2. The third-order valence-corrected chi connectivity index (χ3v) is 15.8. The number of hydrogen-bond acceptors (Lipinski definition) is 6. The lowest BCUT2D eigenvalue weighted by Gasteiger charge is -2.27. The van der Waals surface area contributed by atoms with Crippen molar-refractivity contribution in [3.05, 3.63) is 85.1 Å². The Morgan fingerprint density at radius 1 is 0.432 bits per heavy atom. The summed E-state index contributed by atoms with van der Waals surface area (Å²) in [5, 5.41) is 3.06. The van der Waals surface area contributed by atoms with Gasteiger partial charge in [-0.1, -0.05) is 267 Å². The maximum atomic E-state index is 13.6. The van der Waals surface area contributed by atoms with Crippen molar-refractivity contribution in [1.82, 2.24) is 5.32 Å². The summed E-state index contributed by atoms with van der Waals surface area (Å²) >= 11 is 0. The van der Waals surface area contributed by atoms with Crippen molar-refractivity contribution in [2.45, 2.75) is 315 Å². The number of unbranched alkanes of at least 4 members (excludes halogenated alkanes) is 33. The largest absolute Gasteiger partial charge is 0.472 e. The molecule has 470 valence electrons. The van der Waals surface area contributed by atoms with Crippen LogP contribution in [0.3, 0.4) is 0 Å². The Hall–Kier alpha value is -2.81. The third kappa shape index (κ3) is 61.6. The summed E-state index contributed by atoms with van der Waals surface area (Å²) in [4.78, 5) is 37.8. The Balaban J connectivity index is 5.18. The van der Waals surface area contributed by atoms with E-state index in [-0.39, 0.29) is 31.5 Å². The second-order valence-corrected chi connectivity index (χ2v) is 25.4. The molecule has 10 heteroatoms. The lowest BCUT2D eigenvalue weighted by molar-refractivity contribution is -0.870. The van der Waals surface area contributed by atoms with Gasteiger partial charge in [0.2, 0.25) is 5.91 Å². The number of carbonyl (C=O) groups excluding carboxylic acids is 2. The summed E-state index contributed by atoms with van der Waals surface area (Å²) in [6.07, 6.45) is 80.0. The van der Waals surface area contributed by atoms with Crippen LogP contribution >= 0.6 is 7.82 Å². The Morgan fingerprint density at radius 3 is 1.15 bits per heavy atom. The van der Waals surface area contributed by atoms with Gasteiger partial charge >= 0.3 is 13.8 Å². The number of quaternary nitrogens is 1. The number of nitrogens with one attached hydrogen (secondary N) is 1. The highest BCUT2D eigenvalue weighted by atomic mass is 31.2. The van der Waals surface area contributed by atoms with Gasteiger partial charge in [-0.2, -0.15) is 0 Å². The maximum absolute atomic E-state index is 13.6. The van der Waals surface area contributed by atoms with E-state index >= 15 is 0 Å². The van der Waals surface area contributed by atoms with E-state index in [1.807, 2.05) is 33.3 Å². The van der Waals surface area contributed by atoms with Crippen LogP contribution in [0, 0.1) is 0 Å². The van der Waals surface area contributed by atoms with Crippen LogP contribution in [0.5, 0.6) is 0 Å². The predicted octanol–water partition coefficient (Wildman–Crippen LogP) is 21.3. The number of rotatable bonds is 61. The van der Waals surface area contributed by atoms with Gasteiger partial charge in [0.05, 0.1) is 33.8 Å². The van der Waals surface area contributed by atoms with Gasteiger partial charge in [0.25, 0.3) is 0 Å². The van der Waals surface area contributed by atoms with E-state index in [1.54, 1.807) is 0 Å². The van der Waals surface area contributed by atoms with Crippen molar-refractivity contribution in [3.8, 4) is 0 Å². The van der Waals surface area contributed by atoms with Gasteiger partial charge in [-0.15, -0.1) is 0 Å². The number of amides is 1. The zero-order valence-electron chi connectivity index (χ0n) is 53.8. The summed E-state index contributed by atoms with van der Waals surface area (Å²) in [7, 11) is 1.48. The lowest BCUT2D eigenvalue weighted by Crippen LogP contribution is -2.47. The molecule has 0 aliphatic rings. The molecule has 3 atom stereocenters. The van der Waals surface area contributed by atoms with E-state index in [0.29, 0.717) is 17.4 Å². The van der Waals surface area contributed by atoms with Crippen LogP contribution in [-0.4, -0.2) is 74.3 Å². The molecule has 0 fully saturated rings. The molecule has 0 spiro atoms. The molecule has 0 aliphatic heterocycles. The Bertz CT molecular complexity index is 1660. The van der Waals surface area contributed by atoms with E-state index in [1.165, 1.54) is 161 Å². The number of esters is 1. The van der Waals surface area contributed by atoms with Crippen LogP contribution in [-0.2, 0) is 27.9 Å². The van der Waals surface area contributed by atoms with Crippen molar-refractivity contribution in [2.75, 3.05) is 40.9 Å². The highest BCUT2D eigenvalue weighted by molar-refractivity contribution is 7.47. The van der Waals surface area contributed by atoms with Gasteiger partial charge in [0, 0.05) is 12.8 Å². The smallest absolute Gasteiger partial charge is 0.456 e. The van der Waals surface area contributed by atoms with Gasteiger partial charge < -0.3 is 19.4 Å². The highest BCUT2D eigenvalue weighted by Gasteiger charge is 2.30. The van der Waals surface area contributed by atoms with Crippen LogP contribution in [0.1, 0.15) is 303 Å². The monoisotopic (exact) mass is 1150 g/mol. The van der Waals surface area contributed by atoms with Gasteiger partial charge in [-0.05, 0) is 109 Å². The molecule has 0 radical (unpaired) electrons. The molecule has 0 heterocycles.